The van der Waals surface area contributed by atoms with Crippen molar-refractivity contribution in [3.63, 3.8) is 0 Å². The first-order valence-electron chi connectivity index (χ1n) is 9.84. The van der Waals surface area contributed by atoms with Crippen LogP contribution in [0.5, 0.6) is 0 Å². The van der Waals surface area contributed by atoms with Gasteiger partial charge in [0.05, 0.1) is 16.6 Å². The van der Waals surface area contributed by atoms with Crippen LogP contribution in [0.4, 0.5) is 13.2 Å². The Hall–Kier alpha value is -2.93. The predicted molar refractivity (Wildman–Crippen MR) is 110 cm³/mol. The number of fused-ring (bicyclic) bond motifs is 1. The van der Waals surface area contributed by atoms with Crippen molar-refractivity contribution >= 4 is 16.8 Å². The van der Waals surface area contributed by atoms with Gasteiger partial charge in [-0.3, -0.25) is 9.78 Å². The van der Waals surface area contributed by atoms with Crippen molar-refractivity contribution in [1.82, 2.24) is 15.2 Å². The van der Waals surface area contributed by atoms with E-state index in [9.17, 15) is 18.0 Å². The fourth-order valence-corrected chi connectivity index (χ4v) is 3.86. The zero-order chi connectivity index (χ0) is 21.3. The maximum absolute atomic E-state index is 12.8. The quantitative estimate of drug-likeness (QED) is 0.665. The zero-order valence-corrected chi connectivity index (χ0v) is 16.5. The molecule has 0 bridgehead atoms. The Labute approximate surface area is 172 Å². The van der Waals surface area contributed by atoms with Gasteiger partial charge in [-0.25, -0.2) is 0 Å². The normalized spacial score (nSPS) is 15.2. The van der Waals surface area contributed by atoms with Crippen LogP contribution in [0.2, 0.25) is 0 Å². The van der Waals surface area contributed by atoms with E-state index in [-0.39, 0.29) is 5.91 Å². The summed E-state index contributed by atoms with van der Waals surface area (Å²) >= 11 is 0. The third-order valence-electron chi connectivity index (χ3n) is 5.47. The average Bonchev–Trinajstić information content (AvgIpc) is 2.71. The number of likely N-dealkylation sites (tertiary alicyclic amines) is 1. The van der Waals surface area contributed by atoms with Crippen LogP contribution in [0.25, 0.3) is 22.0 Å². The van der Waals surface area contributed by atoms with Gasteiger partial charge in [-0.15, -0.1) is 0 Å². The molecule has 0 saturated carbocycles. The lowest BCUT2D eigenvalue weighted by molar-refractivity contribution is -0.137. The van der Waals surface area contributed by atoms with Gasteiger partial charge in [0.15, 0.2) is 0 Å². The smallest absolute Gasteiger partial charge is 0.352 e. The molecule has 1 aliphatic heterocycles. The van der Waals surface area contributed by atoms with Gasteiger partial charge in [-0.1, -0.05) is 30.3 Å². The number of carbonyl (C=O) groups excluding carboxylic acids is 1. The first kappa shape index (κ1) is 20.3. The van der Waals surface area contributed by atoms with Crippen LogP contribution < -0.4 is 5.32 Å². The lowest BCUT2D eigenvalue weighted by atomic mass is 9.97. The molecule has 2 heterocycles. The van der Waals surface area contributed by atoms with Crippen molar-refractivity contribution in [3.8, 4) is 11.1 Å². The Morgan fingerprint density at radius 3 is 2.57 bits per heavy atom. The van der Waals surface area contributed by atoms with E-state index in [4.69, 9.17) is 0 Å². The molecule has 0 spiro atoms. The van der Waals surface area contributed by atoms with Gasteiger partial charge in [0, 0.05) is 36.8 Å². The summed E-state index contributed by atoms with van der Waals surface area (Å²) in [6, 6.07) is 12.2. The molecule has 2 aromatic carbocycles. The molecule has 1 N–H and O–H groups in total. The molecule has 7 heteroatoms. The van der Waals surface area contributed by atoms with Gasteiger partial charge < -0.3 is 10.2 Å². The highest BCUT2D eigenvalue weighted by Gasteiger charge is 2.30. The Kier molecular flexibility index (Phi) is 5.47. The second-order valence-corrected chi connectivity index (χ2v) is 7.81. The van der Waals surface area contributed by atoms with Crippen molar-refractivity contribution in [3.05, 3.63) is 65.9 Å². The van der Waals surface area contributed by atoms with Crippen LogP contribution in [-0.2, 0) is 6.18 Å². The minimum Gasteiger partial charge on any atom is -0.352 e. The molecule has 0 radical (unpaired) electrons. The van der Waals surface area contributed by atoms with Gasteiger partial charge in [0.2, 0.25) is 0 Å². The number of nitrogens with zero attached hydrogens (tertiary/aromatic N) is 2. The van der Waals surface area contributed by atoms with E-state index in [0.717, 1.165) is 42.6 Å². The Morgan fingerprint density at radius 1 is 1.17 bits per heavy atom. The number of hydrogen-bond acceptors (Lipinski definition) is 3. The van der Waals surface area contributed by atoms with Crippen molar-refractivity contribution in [2.45, 2.75) is 12.6 Å². The molecule has 1 aliphatic rings. The number of aromatic nitrogens is 1. The number of alkyl halides is 3. The number of para-hydroxylation sites is 1. The van der Waals surface area contributed by atoms with E-state index >= 15 is 0 Å². The van der Waals surface area contributed by atoms with Gasteiger partial charge >= 0.3 is 6.18 Å². The fraction of sp³-hybridized carbons (Fsp3) is 0.304. The van der Waals surface area contributed by atoms with Crippen molar-refractivity contribution < 1.29 is 18.0 Å². The summed E-state index contributed by atoms with van der Waals surface area (Å²) in [4.78, 5) is 19.1. The summed E-state index contributed by atoms with van der Waals surface area (Å²) in [6.07, 6.45) is -1.90. The van der Waals surface area contributed by atoms with Crippen LogP contribution in [0, 0.1) is 5.92 Å². The number of nitrogens with one attached hydrogen (secondary N) is 1. The topological polar surface area (TPSA) is 45.2 Å². The van der Waals surface area contributed by atoms with Gasteiger partial charge in [0.25, 0.3) is 5.91 Å². The van der Waals surface area contributed by atoms with E-state index < -0.39 is 11.7 Å². The maximum Gasteiger partial charge on any atom is 0.416 e. The molecule has 30 heavy (non-hydrogen) atoms. The minimum atomic E-state index is -4.37. The first-order chi connectivity index (χ1) is 14.3. The van der Waals surface area contributed by atoms with Crippen molar-refractivity contribution in [2.75, 3.05) is 26.7 Å². The molecule has 4 rings (SSSR count). The summed E-state index contributed by atoms with van der Waals surface area (Å²) in [6.45, 7) is 2.77. The number of rotatable bonds is 5. The molecule has 0 atom stereocenters. The highest BCUT2D eigenvalue weighted by Crippen LogP contribution is 2.33. The minimum absolute atomic E-state index is 0.169. The second-order valence-electron chi connectivity index (χ2n) is 7.81. The monoisotopic (exact) mass is 413 g/mol. The van der Waals surface area contributed by atoms with Crippen LogP contribution >= 0.6 is 0 Å². The SMILES string of the molecule is CN1CC(CCNC(=O)c2cnc3c(-c4ccc(C(F)(F)F)cc4)cccc3c2)C1. The first-order valence-corrected chi connectivity index (χ1v) is 9.84. The molecule has 1 amide bonds. The third-order valence-corrected chi connectivity index (χ3v) is 5.47. The summed E-state index contributed by atoms with van der Waals surface area (Å²) in [5.41, 5.74) is 1.79. The number of benzene rings is 2. The van der Waals surface area contributed by atoms with Crippen LogP contribution in [0.15, 0.2) is 54.7 Å². The van der Waals surface area contributed by atoms with Gasteiger partial charge in [-0.2, -0.15) is 13.2 Å². The second kappa shape index (κ2) is 8.07. The molecule has 1 saturated heterocycles. The number of amides is 1. The van der Waals surface area contributed by atoms with E-state index in [0.29, 0.717) is 29.1 Å². The molecule has 0 aliphatic carbocycles. The standard InChI is InChI=1S/C23H22F3N3O/c1-29-13-15(14-29)9-10-27-22(30)18-11-17-3-2-4-20(21(17)28-12-18)16-5-7-19(8-6-16)23(24,25)26/h2-8,11-12,15H,9-10,13-14H2,1H3,(H,27,30). The number of carbonyl (C=O) groups is 1. The molecular weight excluding hydrogens is 391 g/mol. The number of halogens is 3. The Morgan fingerprint density at radius 2 is 1.90 bits per heavy atom. The number of pyridine rings is 1. The molecule has 3 aromatic rings. The van der Waals surface area contributed by atoms with E-state index in [2.05, 4.69) is 22.2 Å². The van der Waals surface area contributed by atoms with E-state index in [1.807, 2.05) is 18.2 Å². The lowest BCUT2D eigenvalue weighted by Gasteiger charge is -2.36. The Bertz CT molecular complexity index is 1060. The molecular formula is C23H22F3N3O. The summed E-state index contributed by atoms with van der Waals surface area (Å²) in [7, 11) is 2.08. The van der Waals surface area contributed by atoms with E-state index in [1.165, 1.54) is 18.3 Å². The molecule has 156 valence electrons. The van der Waals surface area contributed by atoms with E-state index in [1.54, 1.807) is 6.07 Å². The molecule has 0 unspecified atom stereocenters. The van der Waals surface area contributed by atoms with Gasteiger partial charge in [-0.05, 0) is 43.1 Å². The molecule has 1 fully saturated rings. The van der Waals surface area contributed by atoms with Crippen LogP contribution in [0.3, 0.4) is 0 Å². The maximum atomic E-state index is 12.8. The number of hydrogen-bond donors (Lipinski definition) is 1. The average molecular weight is 413 g/mol. The third kappa shape index (κ3) is 4.31. The lowest BCUT2D eigenvalue weighted by Crippen LogP contribution is -2.45. The van der Waals surface area contributed by atoms with Crippen LogP contribution in [-0.4, -0.2) is 42.5 Å². The van der Waals surface area contributed by atoms with Crippen molar-refractivity contribution in [1.29, 1.82) is 0 Å². The molecule has 4 nitrogen and oxygen atoms in total. The Balaban J connectivity index is 1.51. The summed E-state index contributed by atoms with van der Waals surface area (Å²) in [5, 5.41) is 3.70. The molecule has 1 aromatic heterocycles. The largest absolute Gasteiger partial charge is 0.416 e. The predicted octanol–water partition coefficient (Wildman–Crippen LogP) is 4.60. The summed E-state index contributed by atoms with van der Waals surface area (Å²) < 4.78 is 38.4. The van der Waals surface area contributed by atoms with Gasteiger partial charge in [0.1, 0.15) is 0 Å². The highest BCUT2D eigenvalue weighted by molar-refractivity contribution is 6.00. The fourth-order valence-electron chi connectivity index (χ4n) is 3.86. The zero-order valence-electron chi connectivity index (χ0n) is 16.5. The highest BCUT2D eigenvalue weighted by atomic mass is 19.4. The summed E-state index contributed by atoms with van der Waals surface area (Å²) in [5.74, 6) is 0.466. The van der Waals surface area contributed by atoms with Crippen molar-refractivity contribution in [2.24, 2.45) is 5.92 Å². The van der Waals surface area contributed by atoms with Crippen LogP contribution in [0.1, 0.15) is 22.3 Å².